The second kappa shape index (κ2) is 7.28. The predicted octanol–water partition coefficient (Wildman–Crippen LogP) is 2.26. The van der Waals surface area contributed by atoms with Gasteiger partial charge in [0.15, 0.2) is 5.90 Å². The maximum absolute atomic E-state index is 12.0. The third-order valence-electron chi connectivity index (χ3n) is 2.14. The molecule has 0 atom stereocenters. The normalized spacial score (nSPS) is 13.1. The Balaban J connectivity index is 4.55. The zero-order valence-electron chi connectivity index (χ0n) is 12.7. The number of hydrogen-bond acceptors (Lipinski definition) is 5. The first-order valence-electron chi connectivity index (χ1n) is 6.36. The van der Waals surface area contributed by atoms with Gasteiger partial charge in [-0.05, 0) is 34.6 Å². The van der Waals surface area contributed by atoms with Crippen LogP contribution in [0.3, 0.4) is 0 Å². The molecule has 0 aromatic carbocycles. The van der Waals surface area contributed by atoms with Crippen LogP contribution in [0.2, 0.25) is 0 Å². The highest BCUT2D eigenvalue weighted by molar-refractivity contribution is 5.79. The van der Waals surface area contributed by atoms with Gasteiger partial charge in [-0.15, -0.1) is 0 Å². The Labute approximate surface area is 115 Å². The average Bonchev–Trinajstić information content (AvgIpc) is 2.24. The second-order valence-electron chi connectivity index (χ2n) is 5.92. The van der Waals surface area contributed by atoms with Crippen molar-refractivity contribution in [1.82, 2.24) is 0 Å². The first-order chi connectivity index (χ1) is 8.62. The van der Waals surface area contributed by atoms with Crippen LogP contribution in [-0.2, 0) is 14.3 Å². The summed E-state index contributed by atoms with van der Waals surface area (Å²) in [6.07, 6.45) is 1.90. The van der Waals surface area contributed by atoms with Crippen molar-refractivity contribution in [2.75, 3.05) is 13.2 Å². The Morgan fingerprint density at radius 3 is 2.32 bits per heavy atom. The third-order valence-corrected chi connectivity index (χ3v) is 2.14. The molecule has 0 aliphatic heterocycles. The molecule has 0 spiro atoms. The number of rotatable bonds is 6. The minimum atomic E-state index is -0.746. The van der Waals surface area contributed by atoms with Gasteiger partial charge in [-0.2, -0.15) is 0 Å². The molecule has 5 heteroatoms. The quantitative estimate of drug-likeness (QED) is 0.456. The van der Waals surface area contributed by atoms with E-state index < -0.39 is 11.0 Å². The van der Waals surface area contributed by atoms with Crippen LogP contribution in [0.5, 0.6) is 0 Å². The zero-order valence-corrected chi connectivity index (χ0v) is 12.7. The Morgan fingerprint density at radius 2 is 1.89 bits per heavy atom. The molecular formula is C14H26N2O3. The number of nitrogens with zero attached hydrogens (tertiary/aromatic N) is 1. The number of carbonyl (C=O) groups is 1. The number of nitrogens with two attached hydrogens (primary N) is 1. The monoisotopic (exact) mass is 270 g/mol. The molecule has 5 nitrogen and oxygen atoms in total. The molecule has 19 heavy (non-hydrogen) atoms. The second-order valence-corrected chi connectivity index (χ2v) is 5.92. The number of hydrogen-bond donors (Lipinski definition) is 1. The molecule has 0 amide bonds. The highest BCUT2D eigenvalue weighted by atomic mass is 16.6. The molecule has 2 N–H and O–H groups in total. The van der Waals surface area contributed by atoms with Crippen LogP contribution in [0.25, 0.3) is 0 Å². The maximum Gasteiger partial charge on any atom is 0.315 e. The number of esters is 1. The lowest BCUT2D eigenvalue weighted by Gasteiger charge is -2.28. The zero-order chi connectivity index (χ0) is 15.1. The lowest BCUT2D eigenvalue weighted by Crippen LogP contribution is -2.37. The van der Waals surface area contributed by atoms with Gasteiger partial charge in [-0.25, -0.2) is 4.99 Å². The van der Waals surface area contributed by atoms with Crippen molar-refractivity contribution in [3.63, 3.8) is 0 Å². The molecule has 0 saturated heterocycles. The van der Waals surface area contributed by atoms with Crippen molar-refractivity contribution in [2.45, 2.75) is 46.6 Å². The highest BCUT2D eigenvalue weighted by Gasteiger charge is 2.33. The summed E-state index contributed by atoms with van der Waals surface area (Å²) in [6.45, 7) is 13.2. The van der Waals surface area contributed by atoms with E-state index in [-0.39, 0.29) is 12.6 Å². The first kappa shape index (κ1) is 17.6. The van der Waals surface area contributed by atoms with Crippen molar-refractivity contribution in [3.8, 4) is 0 Å². The standard InChI is InChI=1S/C14H26N2O3/c1-7-16-11(8-9-15)18-10-14(5,6)12(17)19-13(2,3)4/h7H,1,8-10,15H2,2-6H3/b16-11+. The fourth-order valence-corrected chi connectivity index (χ4v) is 1.14. The van der Waals surface area contributed by atoms with Gasteiger partial charge in [0.2, 0.25) is 0 Å². The number of aliphatic imine (C=N–C) groups is 1. The van der Waals surface area contributed by atoms with Gasteiger partial charge in [0.25, 0.3) is 0 Å². The molecule has 0 aromatic rings. The molecule has 0 aliphatic rings. The van der Waals surface area contributed by atoms with Crippen LogP contribution >= 0.6 is 0 Å². The van der Waals surface area contributed by atoms with Crippen LogP contribution < -0.4 is 5.73 Å². The summed E-state index contributed by atoms with van der Waals surface area (Å²) in [6, 6.07) is 0. The summed E-state index contributed by atoms with van der Waals surface area (Å²) in [5.74, 6) is 0.180. The highest BCUT2D eigenvalue weighted by Crippen LogP contribution is 2.22. The van der Waals surface area contributed by atoms with Crippen LogP contribution in [0, 0.1) is 5.41 Å². The summed E-state index contributed by atoms with van der Waals surface area (Å²) in [5.41, 5.74) is 4.20. The van der Waals surface area contributed by atoms with Crippen molar-refractivity contribution < 1.29 is 14.3 Å². The summed E-state index contributed by atoms with van der Waals surface area (Å²) >= 11 is 0. The Kier molecular flexibility index (Phi) is 6.76. The summed E-state index contributed by atoms with van der Waals surface area (Å²) in [5, 5.41) is 0. The molecule has 0 rings (SSSR count). The third kappa shape index (κ3) is 7.62. The summed E-state index contributed by atoms with van der Waals surface area (Å²) in [7, 11) is 0. The average molecular weight is 270 g/mol. The lowest BCUT2D eigenvalue weighted by molar-refractivity contribution is -0.167. The van der Waals surface area contributed by atoms with Crippen molar-refractivity contribution in [3.05, 3.63) is 12.8 Å². The van der Waals surface area contributed by atoms with E-state index in [2.05, 4.69) is 11.6 Å². The SMILES string of the molecule is C=C/N=C(\CCN)OCC(C)(C)C(=O)OC(C)(C)C. The minimum Gasteiger partial charge on any atom is -0.480 e. The minimum absolute atomic E-state index is 0.189. The van der Waals surface area contributed by atoms with Gasteiger partial charge < -0.3 is 15.2 Å². The summed E-state index contributed by atoms with van der Waals surface area (Å²) < 4.78 is 10.9. The predicted molar refractivity (Wildman–Crippen MR) is 76.9 cm³/mol. The maximum atomic E-state index is 12.0. The Bertz CT molecular complexity index is 341. The Hall–Kier alpha value is -1.36. The van der Waals surface area contributed by atoms with E-state index in [1.807, 2.05) is 20.8 Å². The van der Waals surface area contributed by atoms with Crippen LogP contribution in [-0.4, -0.2) is 30.6 Å². The largest absolute Gasteiger partial charge is 0.480 e. The number of carbonyl (C=O) groups excluding carboxylic acids is 1. The van der Waals surface area contributed by atoms with Crippen molar-refractivity contribution in [1.29, 1.82) is 0 Å². The van der Waals surface area contributed by atoms with Gasteiger partial charge in [0, 0.05) is 19.2 Å². The molecule has 0 heterocycles. The van der Waals surface area contributed by atoms with E-state index in [4.69, 9.17) is 15.2 Å². The molecular weight excluding hydrogens is 244 g/mol. The molecule has 0 bridgehead atoms. The van der Waals surface area contributed by atoms with Gasteiger partial charge in [0.1, 0.15) is 12.2 Å². The summed E-state index contributed by atoms with van der Waals surface area (Å²) in [4.78, 5) is 16.0. The fraction of sp³-hybridized carbons (Fsp3) is 0.714. The smallest absolute Gasteiger partial charge is 0.315 e. The van der Waals surface area contributed by atoms with E-state index in [1.54, 1.807) is 13.8 Å². The van der Waals surface area contributed by atoms with Crippen molar-refractivity contribution >= 4 is 11.9 Å². The molecule has 0 aromatic heterocycles. The van der Waals surface area contributed by atoms with Gasteiger partial charge in [-0.1, -0.05) is 6.58 Å². The van der Waals surface area contributed by atoms with E-state index in [0.29, 0.717) is 18.9 Å². The Morgan fingerprint density at radius 1 is 1.32 bits per heavy atom. The van der Waals surface area contributed by atoms with Gasteiger partial charge in [-0.3, -0.25) is 4.79 Å². The molecule has 0 aliphatic carbocycles. The molecule has 0 unspecified atom stereocenters. The van der Waals surface area contributed by atoms with Gasteiger partial charge >= 0.3 is 5.97 Å². The van der Waals surface area contributed by atoms with E-state index in [1.165, 1.54) is 6.20 Å². The molecule has 110 valence electrons. The van der Waals surface area contributed by atoms with Crippen LogP contribution in [0.1, 0.15) is 41.0 Å². The topological polar surface area (TPSA) is 73.9 Å². The molecule has 0 saturated carbocycles. The molecule has 0 fully saturated rings. The van der Waals surface area contributed by atoms with E-state index in [0.717, 1.165) is 0 Å². The first-order valence-corrected chi connectivity index (χ1v) is 6.36. The fourth-order valence-electron chi connectivity index (χ4n) is 1.14. The van der Waals surface area contributed by atoms with Gasteiger partial charge in [0.05, 0.1) is 5.41 Å². The van der Waals surface area contributed by atoms with Crippen LogP contribution in [0.15, 0.2) is 17.8 Å². The van der Waals surface area contributed by atoms with Crippen molar-refractivity contribution in [2.24, 2.45) is 16.1 Å². The lowest BCUT2D eigenvalue weighted by atomic mass is 9.94. The molecule has 0 radical (unpaired) electrons. The van der Waals surface area contributed by atoms with E-state index >= 15 is 0 Å². The van der Waals surface area contributed by atoms with E-state index in [9.17, 15) is 4.79 Å². The van der Waals surface area contributed by atoms with Crippen LogP contribution in [0.4, 0.5) is 0 Å². The number of ether oxygens (including phenoxy) is 2.